The summed E-state index contributed by atoms with van der Waals surface area (Å²) in [5.74, 6) is -0.0794. The van der Waals surface area contributed by atoms with Gasteiger partial charge in [-0.2, -0.15) is 4.98 Å². The Labute approximate surface area is 109 Å². The quantitative estimate of drug-likeness (QED) is 0.443. The zero-order valence-electron chi connectivity index (χ0n) is 9.87. The van der Waals surface area contributed by atoms with Crippen molar-refractivity contribution >= 4 is 17.3 Å². The van der Waals surface area contributed by atoms with Gasteiger partial charge in [0.05, 0.1) is 4.92 Å². The van der Waals surface area contributed by atoms with Gasteiger partial charge in [0.2, 0.25) is 5.28 Å². The molecule has 98 valence electrons. The lowest BCUT2D eigenvalue weighted by molar-refractivity contribution is -0.386. The number of likely N-dealkylation sites (N-methyl/N-ethyl adjacent to an activating group) is 1. The van der Waals surface area contributed by atoms with E-state index in [1.165, 1.54) is 12.8 Å². The first-order chi connectivity index (χ1) is 8.58. The third-order valence-corrected chi connectivity index (χ3v) is 2.94. The molecule has 0 atom stereocenters. The van der Waals surface area contributed by atoms with E-state index >= 15 is 0 Å². The third kappa shape index (κ3) is 3.27. The van der Waals surface area contributed by atoms with Crippen LogP contribution in [-0.4, -0.2) is 46.0 Å². The normalized spacial score (nSPS) is 14.8. The molecule has 1 fully saturated rings. The number of ether oxygens (including phenoxy) is 1. The maximum Gasteiger partial charge on any atom is 0.349 e. The minimum absolute atomic E-state index is 0.0638. The highest BCUT2D eigenvalue weighted by Gasteiger charge is 2.26. The van der Waals surface area contributed by atoms with Gasteiger partial charge in [0.25, 0.3) is 5.88 Å². The highest BCUT2D eigenvalue weighted by Crippen LogP contribution is 2.26. The molecule has 1 saturated carbocycles. The smallest absolute Gasteiger partial charge is 0.349 e. The molecular weight excluding hydrogens is 260 g/mol. The van der Waals surface area contributed by atoms with Crippen molar-refractivity contribution in [1.82, 2.24) is 14.9 Å². The zero-order valence-corrected chi connectivity index (χ0v) is 10.6. The van der Waals surface area contributed by atoms with Gasteiger partial charge < -0.3 is 9.64 Å². The number of halogens is 1. The summed E-state index contributed by atoms with van der Waals surface area (Å²) in [4.78, 5) is 19.6. The van der Waals surface area contributed by atoms with Crippen LogP contribution in [0.3, 0.4) is 0 Å². The van der Waals surface area contributed by atoms with Crippen molar-refractivity contribution in [3.63, 3.8) is 0 Å². The van der Waals surface area contributed by atoms with Crippen molar-refractivity contribution in [3.8, 4) is 5.88 Å². The number of rotatable bonds is 6. The van der Waals surface area contributed by atoms with Crippen LogP contribution in [0.4, 0.5) is 5.69 Å². The van der Waals surface area contributed by atoms with Crippen molar-refractivity contribution in [2.45, 2.75) is 18.9 Å². The van der Waals surface area contributed by atoms with Gasteiger partial charge in [-0.1, -0.05) is 0 Å². The number of nitrogens with zero attached hydrogens (tertiary/aromatic N) is 4. The highest BCUT2D eigenvalue weighted by atomic mass is 35.5. The monoisotopic (exact) mass is 272 g/mol. The molecule has 0 bridgehead atoms. The van der Waals surface area contributed by atoms with Crippen molar-refractivity contribution < 1.29 is 9.66 Å². The second kappa shape index (κ2) is 5.45. The molecule has 0 spiro atoms. The first kappa shape index (κ1) is 13.0. The van der Waals surface area contributed by atoms with Crippen LogP contribution in [0.25, 0.3) is 0 Å². The van der Waals surface area contributed by atoms with Gasteiger partial charge in [-0.15, -0.1) is 0 Å². The van der Waals surface area contributed by atoms with E-state index < -0.39 is 4.92 Å². The average molecular weight is 273 g/mol. The van der Waals surface area contributed by atoms with Crippen LogP contribution in [0, 0.1) is 10.1 Å². The lowest BCUT2D eigenvalue weighted by atomic mass is 10.5. The van der Waals surface area contributed by atoms with Gasteiger partial charge in [0, 0.05) is 12.6 Å². The SMILES string of the molecule is CN(CCOc1nc(Cl)ncc1[N+](=O)[O-])C1CC1. The Morgan fingerprint density at radius 2 is 2.39 bits per heavy atom. The Hall–Kier alpha value is -1.47. The van der Waals surface area contributed by atoms with Crippen molar-refractivity contribution in [2.24, 2.45) is 0 Å². The minimum atomic E-state index is -0.587. The summed E-state index contributed by atoms with van der Waals surface area (Å²) in [5, 5.41) is 10.7. The van der Waals surface area contributed by atoms with Crippen molar-refractivity contribution in [1.29, 1.82) is 0 Å². The molecule has 0 unspecified atom stereocenters. The Morgan fingerprint density at radius 3 is 3.00 bits per heavy atom. The molecule has 2 rings (SSSR count). The molecule has 1 aromatic heterocycles. The number of hydrogen-bond donors (Lipinski definition) is 0. The maximum atomic E-state index is 10.7. The van der Waals surface area contributed by atoms with Crippen LogP contribution in [0.1, 0.15) is 12.8 Å². The van der Waals surface area contributed by atoms with E-state index in [2.05, 4.69) is 14.9 Å². The molecule has 1 heterocycles. The molecule has 0 aliphatic heterocycles. The van der Waals surface area contributed by atoms with E-state index in [0.29, 0.717) is 19.2 Å². The summed E-state index contributed by atoms with van der Waals surface area (Å²) in [6.07, 6.45) is 3.46. The van der Waals surface area contributed by atoms with Crippen LogP contribution in [0.5, 0.6) is 5.88 Å². The van der Waals surface area contributed by atoms with Gasteiger partial charge in [-0.05, 0) is 31.5 Å². The molecule has 1 aliphatic carbocycles. The Morgan fingerprint density at radius 1 is 1.67 bits per heavy atom. The predicted octanol–water partition coefficient (Wildman–Crippen LogP) is 1.51. The fourth-order valence-electron chi connectivity index (χ4n) is 1.56. The van der Waals surface area contributed by atoms with Crippen LogP contribution in [-0.2, 0) is 0 Å². The zero-order chi connectivity index (χ0) is 13.1. The fourth-order valence-corrected chi connectivity index (χ4v) is 1.68. The lowest BCUT2D eigenvalue weighted by Crippen LogP contribution is -2.26. The lowest BCUT2D eigenvalue weighted by Gasteiger charge is -2.15. The van der Waals surface area contributed by atoms with Crippen LogP contribution in [0.2, 0.25) is 5.28 Å². The maximum absolute atomic E-state index is 10.7. The third-order valence-electron chi connectivity index (χ3n) is 2.76. The van der Waals surface area contributed by atoms with Crippen LogP contribution < -0.4 is 4.74 Å². The molecule has 1 aliphatic rings. The number of hydrogen-bond acceptors (Lipinski definition) is 6. The summed E-state index contributed by atoms with van der Waals surface area (Å²) in [6, 6.07) is 0.623. The van der Waals surface area contributed by atoms with Gasteiger partial charge in [0.1, 0.15) is 12.8 Å². The van der Waals surface area contributed by atoms with E-state index in [0.717, 1.165) is 6.20 Å². The summed E-state index contributed by atoms with van der Waals surface area (Å²) in [7, 11) is 2.00. The molecule has 0 N–H and O–H groups in total. The molecule has 18 heavy (non-hydrogen) atoms. The van der Waals surface area contributed by atoms with E-state index in [-0.39, 0.29) is 16.9 Å². The Bertz CT molecular complexity index is 453. The Kier molecular flexibility index (Phi) is 3.93. The van der Waals surface area contributed by atoms with Gasteiger partial charge in [-0.25, -0.2) is 4.98 Å². The average Bonchev–Trinajstić information content (AvgIpc) is 3.12. The van der Waals surface area contributed by atoms with E-state index in [1.54, 1.807) is 0 Å². The second-order valence-electron chi connectivity index (χ2n) is 4.15. The topological polar surface area (TPSA) is 81.4 Å². The van der Waals surface area contributed by atoms with E-state index in [9.17, 15) is 10.1 Å². The summed E-state index contributed by atoms with van der Waals surface area (Å²) in [6.45, 7) is 1.03. The molecule has 8 heteroatoms. The van der Waals surface area contributed by atoms with E-state index in [4.69, 9.17) is 16.3 Å². The molecule has 0 radical (unpaired) electrons. The fraction of sp³-hybridized carbons (Fsp3) is 0.600. The molecule has 7 nitrogen and oxygen atoms in total. The van der Waals surface area contributed by atoms with E-state index in [1.807, 2.05) is 7.05 Å². The highest BCUT2D eigenvalue weighted by molar-refractivity contribution is 6.28. The van der Waals surface area contributed by atoms with Crippen LogP contribution in [0.15, 0.2) is 6.20 Å². The largest absolute Gasteiger partial charge is 0.471 e. The summed E-state index contributed by atoms with van der Waals surface area (Å²) in [5.41, 5.74) is -0.270. The molecule has 0 saturated heterocycles. The number of aromatic nitrogens is 2. The minimum Gasteiger partial charge on any atom is -0.471 e. The molecular formula is C10H13ClN4O3. The summed E-state index contributed by atoms with van der Waals surface area (Å²) < 4.78 is 5.31. The predicted molar refractivity (Wildman–Crippen MR) is 64.8 cm³/mol. The van der Waals surface area contributed by atoms with Gasteiger partial charge in [0.15, 0.2) is 0 Å². The standard InChI is InChI=1S/C10H13ClN4O3/c1-14(7-2-3-7)4-5-18-9-8(15(16)17)6-12-10(11)13-9/h6-7H,2-5H2,1H3. The van der Waals surface area contributed by atoms with Gasteiger partial charge in [-0.3, -0.25) is 10.1 Å². The number of nitro groups is 1. The first-order valence-electron chi connectivity index (χ1n) is 5.58. The molecule has 1 aromatic rings. The van der Waals surface area contributed by atoms with Crippen molar-refractivity contribution in [2.75, 3.05) is 20.2 Å². The first-order valence-corrected chi connectivity index (χ1v) is 5.95. The second-order valence-corrected chi connectivity index (χ2v) is 4.48. The Balaban J connectivity index is 1.94. The van der Waals surface area contributed by atoms with Crippen molar-refractivity contribution in [3.05, 3.63) is 21.6 Å². The van der Waals surface area contributed by atoms with Gasteiger partial charge >= 0.3 is 5.69 Å². The summed E-state index contributed by atoms with van der Waals surface area (Å²) >= 11 is 5.59. The van der Waals surface area contributed by atoms with Crippen LogP contribution >= 0.6 is 11.6 Å². The molecule has 0 aromatic carbocycles. The molecule has 0 amide bonds.